The predicted octanol–water partition coefficient (Wildman–Crippen LogP) is -0.338. The Morgan fingerprint density at radius 3 is 2.75 bits per heavy atom. The molecule has 0 unspecified atom stereocenters. The second kappa shape index (κ2) is 4.75. The molecule has 88 valence electrons. The van der Waals surface area contributed by atoms with Crippen molar-refractivity contribution in [3.8, 4) is 0 Å². The first-order valence-electron chi connectivity index (χ1n) is 4.69. The summed E-state index contributed by atoms with van der Waals surface area (Å²) < 4.78 is 0. The minimum atomic E-state index is -0.716. The maximum absolute atomic E-state index is 11.4. The van der Waals surface area contributed by atoms with Crippen LogP contribution in [0.1, 0.15) is 13.8 Å². The summed E-state index contributed by atoms with van der Waals surface area (Å²) >= 11 is 0. The molecule has 0 aromatic carbocycles. The zero-order valence-electron chi connectivity index (χ0n) is 9.07. The van der Waals surface area contributed by atoms with Gasteiger partial charge in [-0.25, -0.2) is 9.89 Å². The van der Waals surface area contributed by atoms with Gasteiger partial charge in [-0.05, 0) is 19.9 Å². The SMILES string of the molecule is CC(C)(CO)NC(=O)Nc1ccc(=O)[nH]n1. The highest BCUT2D eigenvalue weighted by atomic mass is 16.3. The number of anilines is 1. The molecule has 0 spiro atoms. The number of urea groups is 1. The van der Waals surface area contributed by atoms with E-state index in [1.807, 2.05) is 0 Å². The van der Waals surface area contributed by atoms with Crippen molar-refractivity contribution in [2.75, 3.05) is 11.9 Å². The van der Waals surface area contributed by atoms with Gasteiger partial charge in [0, 0.05) is 6.07 Å². The Bertz CT molecular complexity index is 407. The number of amides is 2. The summed E-state index contributed by atoms with van der Waals surface area (Å²) in [6.45, 7) is 3.17. The minimum Gasteiger partial charge on any atom is -0.394 e. The number of H-pyrrole nitrogens is 1. The van der Waals surface area contributed by atoms with Crippen LogP contribution in [0.25, 0.3) is 0 Å². The van der Waals surface area contributed by atoms with E-state index in [1.54, 1.807) is 13.8 Å². The van der Waals surface area contributed by atoms with E-state index in [2.05, 4.69) is 20.8 Å². The fraction of sp³-hybridized carbons (Fsp3) is 0.444. The number of aliphatic hydroxyl groups excluding tert-OH is 1. The molecule has 1 heterocycles. The van der Waals surface area contributed by atoms with Gasteiger partial charge in [-0.15, -0.1) is 0 Å². The monoisotopic (exact) mass is 226 g/mol. The van der Waals surface area contributed by atoms with Gasteiger partial charge in [0.2, 0.25) is 0 Å². The Kier molecular flexibility index (Phi) is 3.62. The Balaban J connectivity index is 2.58. The van der Waals surface area contributed by atoms with Crippen LogP contribution in [0.3, 0.4) is 0 Å². The fourth-order valence-electron chi connectivity index (χ4n) is 0.909. The molecule has 1 rings (SSSR count). The third-order valence-corrected chi connectivity index (χ3v) is 1.77. The molecule has 1 aromatic rings. The topological polar surface area (TPSA) is 107 Å². The third kappa shape index (κ3) is 3.70. The predicted molar refractivity (Wildman–Crippen MR) is 58.2 cm³/mol. The summed E-state index contributed by atoms with van der Waals surface area (Å²) in [5.41, 5.74) is -1.06. The normalized spacial score (nSPS) is 10.9. The van der Waals surface area contributed by atoms with Crippen LogP contribution in [0.4, 0.5) is 10.6 Å². The third-order valence-electron chi connectivity index (χ3n) is 1.77. The lowest BCUT2D eigenvalue weighted by Gasteiger charge is -2.23. The summed E-state index contributed by atoms with van der Waals surface area (Å²) in [5, 5.41) is 19.7. The van der Waals surface area contributed by atoms with Crippen molar-refractivity contribution >= 4 is 11.8 Å². The van der Waals surface area contributed by atoms with Gasteiger partial charge in [0.25, 0.3) is 5.56 Å². The van der Waals surface area contributed by atoms with Gasteiger partial charge < -0.3 is 10.4 Å². The quantitative estimate of drug-likeness (QED) is 0.565. The molecule has 1 aromatic heterocycles. The van der Waals surface area contributed by atoms with E-state index in [0.717, 1.165) is 0 Å². The summed E-state index contributed by atoms with van der Waals surface area (Å²) in [6, 6.07) is 2.13. The Morgan fingerprint density at radius 2 is 2.25 bits per heavy atom. The van der Waals surface area contributed by atoms with Crippen LogP contribution >= 0.6 is 0 Å². The average Bonchev–Trinajstić information content (AvgIpc) is 2.21. The zero-order chi connectivity index (χ0) is 12.2. The van der Waals surface area contributed by atoms with Gasteiger partial charge in [-0.2, -0.15) is 5.10 Å². The van der Waals surface area contributed by atoms with Crippen LogP contribution in [0.2, 0.25) is 0 Å². The molecular formula is C9H14N4O3. The molecule has 0 aliphatic heterocycles. The Labute approximate surface area is 91.9 Å². The number of aromatic nitrogens is 2. The van der Waals surface area contributed by atoms with Crippen LogP contribution in [0, 0.1) is 0 Å². The van der Waals surface area contributed by atoms with Crippen molar-refractivity contribution in [1.29, 1.82) is 0 Å². The van der Waals surface area contributed by atoms with Gasteiger partial charge in [-0.1, -0.05) is 0 Å². The van der Waals surface area contributed by atoms with Crippen molar-refractivity contribution in [3.63, 3.8) is 0 Å². The molecule has 0 fully saturated rings. The lowest BCUT2D eigenvalue weighted by molar-refractivity contribution is 0.187. The van der Waals surface area contributed by atoms with Crippen molar-refractivity contribution in [2.45, 2.75) is 19.4 Å². The highest BCUT2D eigenvalue weighted by Gasteiger charge is 2.19. The number of nitrogens with zero attached hydrogens (tertiary/aromatic N) is 1. The number of hydrogen-bond donors (Lipinski definition) is 4. The van der Waals surface area contributed by atoms with Crippen molar-refractivity contribution in [1.82, 2.24) is 15.5 Å². The number of carbonyl (C=O) groups is 1. The van der Waals surface area contributed by atoms with Crippen molar-refractivity contribution in [3.05, 3.63) is 22.5 Å². The van der Waals surface area contributed by atoms with Crippen LogP contribution < -0.4 is 16.2 Å². The molecule has 0 radical (unpaired) electrons. The number of aliphatic hydroxyl groups is 1. The Hall–Kier alpha value is -1.89. The van der Waals surface area contributed by atoms with Crippen LogP contribution in [0.5, 0.6) is 0 Å². The van der Waals surface area contributed by atoms with Crippen molar-refractivity contribution in [2.24, 2.45) is 0 Å². The number of rotatable bonds is 3. The van der Waals surface area contributed by atoms with Gasteiger partial charge in [-0.3, -0.25) is 10.1 Å². The highest BCUT2D eigenvalue weighted by molar-refractivity contribution is 5.88. The van der Waals surface area contributed by atoms with Gasteiger partial charge >= 0.3 is 6.03 Å². The molecule has 0 atom stereocenters. The van der Waals surface area contributed by atoms with E-state index in [9.17, 15) is 9.59 Å². The summed E-state index contributed by atoms with van der Waals surface area (Å²) in [4.78, 5) is 22.1. The molecule has 2 amide bonds. The van der Waals surface area contributed by atoms with E-state index in [4.69, 9.17) is 5.11 Å². The van der Waals surface area contributed by atoms with Crippen LogP contribution in [-0.2, 0) is 0 Å². The summed E-state index contributed by atoms with van der Waals surface area (Å²) in [6.07, 6.45) is 0. The maximum Gasteiger partial charge on any atom is 0.320 e. The molecular weight excluding hydrogens is 212 g/mol. The first-order valence-corrected chi connectivity index (χ1v) is 4.69. The van der Waals surface area contributed by atoms with Gasteiger partial charge in [0.15, 0.2) is 5.82 Å². The lowest BCUT2D eigenvalue weighted by Crippen LogP contribution is -2.48. The second-order valence-corrected chi connectivity index (χ2v) is 3.93. The van der Waals surface area contributed by atoms with E-state index in [-0.39, 0.29) is 18.0 Å². The molecule has 0 bridgehead atoms. The minimum absolute atomic E-state index is 0.181. The summed E-state index contributed by atoms with van der Waals surface area (Å²) in [5.74, 6) is 0.228. The smallest absolute Gasteiger partial charge is 0.320 e. The molecule has 0 saturated carbocycles. The Morgan fingerprint density at radius 1 is 1.56 bits per heavy atom. The first-order chi connectivity index (χ1) is 7.43. The van der Waals surface area contributed by atoms with E-state index in [0.29, 0.717) is 0 Å². The molecule has 4 N–H and O–H groups in total. The highest BCUT2D eigenvalue weighted by Crippen LogP contribution is 2.01. The van der Waals surface area contributed by atoms with Crippen LogP contribution in [-0.4, -0.2) is 33.5 Å². The van der Waals surface area contributed by atoms with E-state index >= 15 is 0 Å². The second-order valence-electron chi connectivity index (χ2n) is 3.93. The lowest BCUT2D eigenvalue weighted by atomic mass is 10.1. The molecule has 0 saturated heterocycles. The molecule has 0 aliphatic carbocycles. The number of hydrogen-bond acceptors (Lipinski definition) is 4. The molecule has 16 heavy (non-hydrogen) atoms. The summed E-state index contributed by atoms with van der Waals surface area (Å²) in [7, 11) is 0. The standard InChI is InChI=1S/C9H14N4O3/c1-9(2,5-14)11-8(16)10-6-3-4-7(15)13-12-6/h3-4,14H,5H2,1-2H3,(H,13,15)(H2,10,11,12,16). The fourth-order valence-corrected chi connectivity index (χ4v) is 0.909. The largest absolute Gasteiger partial charge is 0.394 e. The maximum atomic E-state index is 11.4. The van der Waals surface area contributed by atoms with Crippen LogP contribution in [0.15, 0.2) is 16.9 Å². The van der Waals surface area contributed by atoms with Gasteiger partial charge in [0.05, 0.1) is 12.1 Å². The number of carbonyl (C=O) groups excluding carboxylic acids is 1. The number of nitrogens with one attached hydrogen (secondary N) is 3. The molecule has 0 aliphatic rings. The first kappa shape index (κ1) is 12.2. The van der Waals surface area contributed by atoms with Crippen molar-refractivity contribution < 1.29 is 9.90 Å². The van der Waals surface area contributed by atoms with E-state index < -0.39 is 11.6 Å². The molecule has 7 nitrogen and oxygen atoms in total. The number of aromatic amines is 1. The zero-order valence-corrected chi connectivity index (χ0v) is 9.07. The van der Waals surface area contributed by atoms with E-state index in [1.165, 1.54) is 12.1 Å². The van der Waals surface area contributed by atoms with Gasteiger partial charge in [0.1, 0.15) is 0 Å². The average molecular weight is 226 g/mol. The molecule has 7 heteroatoms.